The maximum Gasteiger partial charge on any atom is 1.00 e. The van der Waals surface area contributed by atoms with Crippen molar-refractivity contribution in [3.05, 3.63) is 95.3 Å². The van der Waals surface area contributed by atoms with Crippen molar-refractivity contribution in [3.63, 3.8) is 0 Å². The fraction of sp³-hybridized carbons (Fsp3) is 0.207. The molecule has 17 nitrogen and oxygen atoms in total. The number of fused-ring (bicyclic) bond motifs is 2. The number of aromatic amines is 1. The smallest absolute Gasteiger partial charge is 1.00 e. The standard InChI is InChI=1S/C14H14ClN5O2S.C8H11ClN2O2S.C6H4ClN3.CH2O3.2K.H/c1-19(23(2,21)22)12-11(4-3-6-16-12)9-20-7-5-10-8-17-14(15)18-13(10)20;1-11(14(2,12)13)8-7(6-9)4-3-5-10-8;7-6-9-3-4-1-2-8-5(4)10-6;2-1-4-3;;;/h3-8H,9H2,1-2H3;3-5H,6H2,1-2H3;1-3H,(H,8,9,10);1,3H;;;/q;;;;2*+1;-1/p-1. The molecule has 6 aromatic rings. The van der Waals surface area contributed by atoms with Crippen LogP contribution in [-0.4, -0.2) is 89.4 Å². The van der Waals surface area contributed by atoms with E-state index >= 15 is 0 Å². The zero-order valence-electron chi connectivity index (χ0n) is 30.3. The minimum atomic E-state index is -3.39. The monoisotopic (exact) mass is 878 g/mol. The van der Waals surface area contributed by atoms with Gasteiger partial charge < -0.3 is 21.1 Å². The molecule has 6 aromatic heterocycles. The van der Waals surface area contributed by atoms with Gasteiger partial charge in [-0.15, -0.1) is 11.6 Å². The Morgan fingerprint density at radius 3 is 1.89 bits per heavy atom. The first kappa shape index (κ1) is 49.6. The molecule has 0 fully saturated rings. The summed E-state index contributed by atoms with van der Waals surface area (Å²) in [7, 11) is -3.74. The van der Waals surface area contributed by atoms with Gasteiger partial charge in [0.25, 0.3) is 6.47 Å². The van der Waals surface area contributed by atoms with Crippen molar-refractivity contribution in [2.45, 2.75) is 12.4 Å². The van der Waals surface area contributed by atoms with Gasteiger partial charge in [-0.25, -0.2) is 36.8 Å². The average Bonchev–Trinajstić information content (AvgIpc) is 3.74. The molecule has 0 amide bonds. The van der Waals surface area contributed by atoms with Gasteiger partial charge in [0.05, 0.1) is 24.9 Å². The second-order valence-corrected chi connectivity index (χ2v) is 15.0. The van der Waals surface area contributed by atoms with Crippen molar-refractivity contribution in [3.8, 4) is 0 Å². The van der Waals surface area contributed by atoms with E-state index in [0.717, 1.165) is 43.1 Å². The van der Waals surface area contributed by atoms with Gasteiger partial charge in [0.1, 0.15) is 22.9 Å². The second kappa shape index (κ2) is 23.6. The van der Waals surface area contributed by atoms with Crippen molar-refractivity contribution in [2.24, 2.45) is 0 Å². The van der Waals surface area contributed by atoms with Crippen LogP contribution in [0.4, 0.5) is 11.6 Å². The maximum atomic E-state index is 11.8. The summed E-state index contributed by atoms with van der Waals surface area (Å²) >= 11 is 17.1. The number of sulfonamides is 2. The zero-order valence-corrected chi connectivity index (χ0v) is 39.4. The number of hydrogen-bond donors (Lipinski definition) is 1. The SMILES string of the molecule is CN(c1ncccc1CCl)S(C)(=O)=O.CN(c1ncccc1Cn1ccc2cnc(Cl)nc21)S(C)(=O)=O.Clc1ncc2cc[nH]c2n1.O=CO[O-].[H-].[K+].[K+]. The molecule has 0 radical (unpaired) electrons. The quantitative estimate of drug-likeness (QED) is 0.0412. The number of pyridine rings is 2. The summed E-state index contributed by atoms with van der Waals surface area (Å²) in [4.78, 5) is 38.3. The van der Waals surface area contributed by atoms with Crippen LogP contribution in [0.15, 0.2) is 73.6 Å². The number of alkyl halides is 1. The summed E-state index contributed by atoms with van der Waals surface area (Å²) in [6.07, 6.45) is 12.3. The van der Waals surface area contributed by atoms with Crippen LogP contribution in [0.2, 0.25) is 10.6 Å². The summed E-state index contributed by atoms with van der Waals surface area (Å²) in [5.74, 6) is 1.00. The first-order valence-electron chi connectivity index (χ1n) is 14.1. The molecule has 0 aliphatic rings. The first-order valence-corrected chi connectivity index (χ1v) is 19.1. The molecule has 0 aliphatic carbocycles. The Hall–Kier alpha value is -1.39. The van der Waals surface area contributed by atoms with E-state index in [9.17, 15) is 16.8 Å². The van der Waals surface area contributed by atoms with Gasteiger partial charge in [-0.1, -0.05) is 12.1 Å². The van der Waals surface area contributed by atoms with Gasteiger partial charge >= 0.3 is 103 Å². The fourth-order valence-corrected chi connectivity index (χ4v) is 5.48. The normalized spacial score (nSPS) is 10.5. The topological polar surface area (TPSA) is 222 Å². The van der Waals surface area contributed by atoms with Gasteiger partial charge in [-0.2, -0.15) is 9.97 Å². The number of aromatic nitrogens is 8. The van der Waals surface area contributed by atoms with E-state index in [0.29, 0.717) is 29.4 Å². The summed E-state index contributed by atoms with van der Waals surface area (Å²) < 4.78 is 50.2. The molecule has 274 valence electrons. The van der Waals surface area contributed by atoms with Crippen LogP contribution >= 0.6 is 34.8 Å². The zero-order chi connectivity index (χ0) is 37.8. The second-order valence-electron chi connectivity index (χ2n) is 10.0. The van der Waals surface area contributed by atoms with Crippen molar-refractivity contribution < 1.29 is 136 Å². The third kappa shape index (κ3) is 15.2. The number of carbonyl (C=O) groups excluding carboxylic acids is 1. The van der Waals surface area contributed by atoms with E-state index in [4.69, 9.17) is 44.9 Å². The predicted octanol–water partition coefficient (Wildman–Crippen LogP) is -2.69. The number of H-pyrrole nitrogens is 1. The molecule has 24 heteroatoms. The molecule has 6 rings (SSSR count). The van der Waals surface area contributed by atoms with Gasteiger partial charge in [0.15, 0.2) is 0 Å². The number of hydrogen-bond acceptors (Lipinski definition) is 13. The van der Waals surface area contributed by atoms with Gasteiger partial charge in [-0.05, 0) is 47.5 Å². The number of rotatable bonds is 8. The van der Waals surface area contributed by atoms with Crippen molar-refractivity contribution in [1.29, 1.82) is 0 Å². The van der Waals surface area contributed by atoms with Gasteiger partial charge in [-0.3, -0.25) is 13.4 Å². The summed E-state index contributed by atoms with van der Waals surface area (Å²) in [6.45, 7) is 0.236. The van der Waals surface area contributed by atoms with E-state index in [-0.39, 0.29) is 127 Å². The van der Waals surface area contributed by atoms with E-state index < -0.39 is 20.0 Å². The number of halogens is 3. The minimum absolute atomic E-state index is 0. The molecule has 0 aliphatic heterocycles. The summed E-state index contributed by atoms with van der Waals surface area (Å²) in [5.41, 5.74) is 2.91. The average molecular weight is 880 g/mol. The van der Waals surface area contributed by atoms with Crippen molar-refractivity contribution >= 4 is 95.0 Å². The van der Waals surface area contributed by atoms with Crippen LogP contribution in [0.3, 0.4) is 0 Å². The van der Waals surface area contributed by atoms with Crippen LogP contribution in [0.25, 0.3) is 22.1 Å². The molecule has 1 N–H and O–H groups in total. The molecule has 0 spiro atoms. The number of carbonyl (C=O) groups is 1. The summed E-state index contributed by atoms with van der Waals surface area (Å²) in [5, 5.41) is 10.7. The summed E-state index contributed by atoms with van der Waals surface area (Å²) in [6, 6.07) is 10.8. The minimum Gasteiger partial charge on any atom is -1.00 e. The first-order chi connectivity index (χ1) is 24.1. The Balaban J connectivity index is 0.000000777. The van der Waals surface area contributed by atoms with Crippen molar-refractivity contribution in [2.75, 3.05) is 35.2 Å². The van der Waals surface area contributed by atoms with E-state index in [1.165, 1.54) is 20.3 Å². The third-order valence-corrected chi connectivity index (χ3v) is 9.58. The molecule has 0 unspecified atom stereocenters. The predicted molar refractivity (Wildman–Crippen MR) is 193 cm³/mol. The number of anilines is 2. The van der Waals surface area contributed by atoms with E-state index in [2.05, 4.69) is 39.8 Å². The molecular formula is C29H31Cl3K2N10O7S2. The molecule has 6 heterocycles. The van der Waals surface area contributed by atoms with Crippen LogP contribution in [0.1, 0.15) is 12.6 Å². The van der Waals surface area contributed by atoms with Crippen LogP contribution in [-0.2, 0) is 42.2 Å². The molecule has 0 atom stereocenters. The Kier molecular flexibility index (Phi) is 22.1. The molecule has 0 saturated heterocycles. The Labute approximate surface area is 407 Å². The third-order valence-electron chi connectivity index (χ3n) is 6.59. The largest absolute Gasteiger partial charge is 1.00 e. The van der Waals surface area contributed by atoms with Crippen molar-refractivity contribution in [1.82, 2.24) is 39.5 Å². The molecule has 0 saturated carbocycles. The van der Waals surface area contributed by atoms with Crippen LogP contribution < -0.4 is 117 Å². The number of nitrogens with one attached hydrogen (secondary N) is 1. The Bertz CT molecular complexity index is 2310. The Morgan fingerprint density at radius 2 is 1.36 bits per heavy atom. The fourth-order valence-electron chi connectivity index (χ4n) is 4.05. The van der Waals surface area contributed by atoms with Gasteiger partial charge in [0, 0.05) is 73.2 Å². The molecular weight excluding hydrogens is 849 g/mol. The van der Waals surface area contributed by atoms with E-state index in [1.807, 2.05) is 29.0 Å². The maximum absolute atomic E-state index is 11.8. The van der Waals surface area contributed by atoms with Gasteiger partial charge in [0.2, 0.25) is 30.6 Å². The van der Waals surface area contributed by atoms with Crippen LogP contribution in [0, 0.1) is 0 Å². The van der Waals surface area contributed by atoms with Crippen LogP contribution in [0.5, 0.6) is 0 Å². The Morgan fingerprint density at radius 1 is 0.849 bits per heavy atom. The molecule has 0 bridgehead atoms. The van der Waals surface area contributed by atoms with E-state index in [1.54, 1.807) is 43.0 Å². The molecule has 53 heavy (non-hydrogen) atoms. The number of nitrogens with zero attached hydrogens (tertiary/aromatic N) is 9. The molecule has 0 aromatic carbocycles.